The molecule has 0 amide bonds. The van der Waals surface area contributed by atoms with Gasteiger partial charge >= 0.3 is 0 Å². The summed E-state index contributed by atoms with van der Waals surface area (Å²) in [5.74, 6) is 0.636. The van der Waals surface area contributed by atoms with Crippen LogP contribution >= 0.6 is 12.2 Å². The quantitative estimate of drug-likeness (QED) is 0.742. The number of methoxy groups -OCH3 is 1. The van der Waals surface area contributed by atoms with Crippen molar-refractivity contribution >= 4 is 27.4 Å². The number of hydrogen-bond donors (Lipinski definition) is 1. The summed E-state index contributed by atoms with van der Waals surface area (Å²) in [5.41, 5.74) is 0. The average Bonchev–Trinajstić information content (AvgIpc) is 3.20. The Morgan fingerprint density at radius 1 is 1.27 bits per heavy atom. The maximum atomic E-state index is 12.8. The van der Waals surface area contributed by atoms with Gasteiger partial charge in [0.25, 0.3) is 0 Å². The van der Waals surface area contributed by atoms with Gasteiger partial charge in [0.15, 0.2) is 5.11 Å². The Kier molecular flexibility index (Phi) is 6.33. The highest BCUT2D eigenvalue weighted by atomic mass is 32.2. The fourth-order valence-corrected chi connectivity index (χ4v) is 4.83. The first kappa shape index (κ1) is 19.3. The number of rotatable bonds is 5. The molecule has 1 aromatic rings. The SMILES string of the molecule is COc1ccc(S(=O)(=O)N2CCN(C(=S)NCC3CCCO3)CC2)cc1. The lowest BCUT2D eigenvalue weighted by Gasteiger charge is -2.35. The summed E-state index contributed by atoms with van der Waals surface area (Å²) in [7, 11) is -1.94. The normalized spacial score (nSPS) is 21.6. The Morgan fingerprint density at radius 3 is 2.54 bits per heavy atom. The van der Waals surface area contributed by atoms with E-state index in [1.54, 1.807) is 31.4 Å². The summed E-state index contributed by atoms with van der Waals surface area (Å²) in [4.78, 5) is 2.30. The molecule has 26 heavy (non-hydrogen) atoms. The second-order valence-electron chi connectivity index (χ2n) is 6.39. The van der Waals surface area contributed by atoms with E-state index in [1.165, 1.54) is 4.31 Å². The van der Waals surface area contributed by atoms with Gasteiger partial charge in [-0.1, -0.05) is 0 Å². The van der Waals surface area contributed by atoms with Crippen molar-refractivity contribution in [1.29, 1.82) is 0 Å². The minimum atomic E-state index is -3.49. The molecule has 3 rings (SSSR count). The van der Waals surface area contributed by atoms with Gasteiger partial charge < -0.3 is 19.7 Å². The standard InChI is InChI=1S/C17H25N3O4S2/c1-23-14-4-6-16(7-5-14)26(21,22)20-10-8-19(9-11-20)17(25)18-13-15-3-2-12-24-15/h4-7,15H,2-3,8-13H2,1H3,(H,18,25). The first-order chi connectivity index (χ1) is 12.5. The van der Waals surface area contributed by atoms with Gasteiger partial charge in [0.05, 0.1) is 18.1 Å². The van der Waals surface area contributed by atoms with Crippen LogP contribution in [-0.4, -0.2) is 75.3 Å². The van der Waals surface area contributed by atoms with Gasteiger partial charge in [0, 0.05) is 39.3 Å². The van der Waals surface area contributed by atoms with Gasteiger partial charge in [0.1, 0.15) is 5.75 Å². The van der Waals surface area contributed by atoms with Gasteiger partial charge in [-0.05, 0) is 49.3 Å². The van der Waals surface area contributed by atoms with E-state index in [0.717, 1.165) is 19.4 Å². The van der Waals surface area contributed by atoms with Gasteiger partial charge in [0.2, 0.25) is 10.0 Å². The lowest BCUT2D eigenvalue weighted by atomic mass is 10.2. The highest BCUT2D eigenvalue weighted by Gasteiger charge is 2.29. The van der Waals surface area contributed by atoms with E-state index in [9.17, 15) is 8.42 Å². The van der Waals surface area contributed by atoms with Crippen LogP contribution in [0.2, 0.25) is 0 Å². The number of ether oxygens (including phenoxy) is 2. The number of hydrogen-bond acceptors (Lipinski definition) is 5. The zero-order chi connectivity index (χ0) is 18.6. The van der Waals surface area contributed by atoms with Crippen molar-refractivity contribution in [2.45, 2.75) is 23.8 Å². The van der Waals surface area contributed by atoms with Gasteiger partial charge in [-0.15, -0.1) is 0 Å². The van der Waals surface area contributed by atoms with Crippen molar-refractivity contribution in [1.82, 2.24) is 14.5 Å². The van der Waals surface area contributed by atoms with Crippen molar-refractivity contribution in [2.24, 2.45) is 0 Å². The molecule has 144 valence electrons. The van der Waals surface area contributed by atoms with E-state index in [1.807, 2.05) is 4.90 Å². The number of nitrogens with one attached hydrogen (secondary N) is 1. The van der Waals surface area contributed by atoms with E-state index in [0.29, 0.717) is 43.6 Å². The molecule has 1 N–H and O–H groups in total. The molecule has 0 radical (unpaired) electrons. The van der Waals surface area contributed by atoms with E-state index in [4.69, 9.17) is 21.7 Å². The minimum Gasteiger partial charge on any atom is -0.497 e. The summed E-state index contributed by atoms with van der Waals surface area (Å²) in [6.07, 6.45) is 2.38. The highest BCUT2D eigenvalue weighted by Crippen LogP contribution is 2.20. The lowest BCUT2D eigenvalue weighted by molar-refractivity contribution is 0.113. The summed E-state index contributed by atoms with van der Waals surface area (Å²) >= 11 is 5.44. The minimum absolute atomic E-state index is 0.227. The lowest BCUT2D eigenvalue weighted by Crippen LogP contribution is -2.53. The fourth-order valence-electron chi connectivity index (χ4n) is 3.15. The number of piperazine rings is 1. The van der Waals surface area contributed by atoms with Gasteiger partial charge in [-0.3, -0.25) is 0 Å². The predicted molar refractivity (Wildman–Crippen MR) is 103 cm³/mol. The Balaban J connectivity index is 1.52. The van der Waals surface area contributed by atoms with Crippen LogP contribution in [0.1, 0.15) is 12.8 Å². The van der Waals surface area contributed by atoms with Gasteiger partial charge in [-0.25, -0.2) is 8.42 Å². The van der Waals surface area contributed by atoms with Gasteiger partial charge in [-0.2, -0.15) is 4.31 Å². The highest BCUT2D eigenvalue weighted by molar-refractivity contribution is 7.89. The Labute approximate surface area is 160 Å². The maximum Gasteiger partial charge on any atom is 0.243 e. The average molecular weight is 400 g/mol. The molecule has 0 bridgehead atoms. The third-order valence-electron chi connectivity index (χ3n) is 4.73. The summed E-state index contributed by atoms with van der Waals surface area (Å²) in [6.45, 7) is 3.51. The smallest absolute Gasteiger partial charge is 0.243 e. The van der Waals surface area contributed by atoms with Crippen molar-refractivity contribution in [3.05, 3.63) is 24.3 Å². The van der Waals surface area contributed by atoms with Crippen LogP contribution in [0.15, 0.2) is 29.2 Å². The molecule has 0 aliphatic carbocycles. The second-order valence-corrected chi connectivity index (χ2v) is 8.71. The number of sulfonamides is 1. The molecule has 0 saturated carbocycles. The first-order valence-electron chi connectivity index (χ1n) is 8.79. The third kappa shape index (κ3) is 4.46. The second kappa shape index (κ2) is 8.51. The van der Waals surface area contributed by atoms with Crippen molar-refractivity contribution in [2.75, 3.05) is 46.4 Å². The molecule has 2 fully saturated rings. The molecule has 2 saturated heterocycles. The van der Waals surface area contributed by atoms with Crippen molar-refractivity contribution < 1.29 is 17.9 Å². The molecule has 2 aliphatic heterocycles. The summed E-state index contributed by atoms with van der Waals surface area (Å²) in [6, 6.07) is 6.48. The van der Waals surface area contributed by atoms with Crippen LogP contribution in [0, 0.1) is 0 Å². The van der Waals surface area contributed by atoms with Crippen LogP contribution in [0.25, 0.3) is 0 Å². The molecule has 1 unspecified atom stereocenters. The van der Waals surface area contributed by atoms with Crippen molar-refractivity contribution in [3.8, 4) is 5.75 Å². The summed E-state index contributed by atoms with van der Waals surface area (Å²) < 4.78 is 37.7. The monoisotopic (exact) mass is 399 g/mol. The molecule has 2 heterocycles. The molecule has 9 heteroatoms. The number of nitrogens with zero attached hydrogens (tertiary/aromatic N) is 2. The van der Waals surface area contributed by atoms with Crippen LogP contribution in [0.3, 0.4) is 0 Å². The van der Waals surface area contributed by atoms with Crippen LogP contribution in [-0.2, 0) is 14.8 Å². The first-order valence-corrected chi connectivity index (χ1v) is 10.6. The number of thiocarbonyl (C=S) groups is 1. The zero-order valence-corrected chi connectivity index (χ0v) is 16.5. The molecular formula is C17H25N3O4S2. The molecule has 2 aliphatic rings. The van der Waals surface area contributed by atoms with Crippen LogP contribution < -0.4 is 10.1 Å². The zero-order valence-electron chi connectivity index (χ0n) is 14.9. The molecule has 0 spiro atoms. The van der Waals surface area contributed by atoms with Crippen LogP contribution in [0.4, 0.5) is 0 Å². The van der Waals surface area contributed by atoms with E-state index in [2.05, 4.69) is 5.32 Å². The Hall–Kier alpha value is -1.42. The Bertz CT molecular complexity index is 710. The summed E-state index contributed by atoms with van der Waals surface area (Å²) in [5, 5.41) is 3.91. The van der Waals surface area contributed by atoms with Crippen molar-refractivity contribution in [3.63, 3.8) is 0 Å². The Morgan fingerprint density at radius 2 is 1.96 bits per heavy atom. The van der Waals surface area contributed by atoms with E-state index >= 15 is 0 Å². The maximum absolute atomic E-state index is 12.8. The van der Waals surface area contributed by atoms with E-state index in [-0.39, 0.29) is 11.0 Å². The number of benzene rings is 1. The topological polar surface area (TPSA) is 71.1 Å². The predicted octanol–water partition coefficient (Wildman–Crippen LogP) is 1.06. The fraction of sp³-hybridized carbons (Fsp3) is 0.588. The molecule has 0 aromatic heterocycles. The molecule has 1 aromatic carbocycles. The molecule has 7 nitrogen and oxygen atoms in total. The van der Waals surface area contributed by atoms with E-state index < -0.39 is 10.0 Å². The molecule has 1 atom stereocenters. The third-order valence-corrected chi connectivity index (χ3v) is 7.04. The van der Waals surface area contributed by atoms with Crippen LogP contribution in [0.5, 0.6) is 5.75 Å². The largest absolute Gasteiger partial charge is 0.497 e. The molecular weight excluding hydrogens is 374 g/mol.